The van der Waals surface area contributed by atoms with Gasteiger partial charge in [0.1, 0.15) is 11.9 Å². The maximum Gasteiger partial charge on any atom is 0.123 e. The van der Waals surface area contributed by atoms with E-state index in [-0.39, 0.29) is 0 Å². The van der Waals surface area contributed by atoms with Crippen LogP contribution < -0.4 is 10.1 Å². The molecule has 0 saturated carbocycles. The van der Waals surface area contributed by atoms with Gasteiger partial charge in [0.2, 0.25) is 0 Å². The van der Waals surface area contributed by atoms with E-state index in [1.54, 1.807) is 0 Å². The van der Waals surface area contributed by atoms with Gasteiger partial charge in [0.15, 0.2) is 0 Å². The first-order chi connectivity index (χ1) is 9.83. The van der Waals surface area contributed by atoms with E-state index in [9.17, 15) is 0 Å². The van der Waals surface area contributed by atoms with E-state index in [1.807, 2.05) is 0 Å². The Morgan fingerprint density at radius 1 is 1.20 bits per heavy atom. The number of likely N-dealkylation sites (tertiary alicyclic amines) is 1. The molecule has 2 fully saturated rings. The van der Waals surface area contributed by atoms with Gasteiger partial charge in [-0.2, -0.15) is 0 Å². The maximum atomic E-state index is 6.34. The van der Waals surface area contributed by atoms with E-state index in [4.69, 9.17) is 4.74 Å². The van der Waals surface area contributed by atoms with Crippen LogP contribution in [0.15, 0.2) is 24.3 Å². The Hall–Kier alpha value is -1.06. The summed E-state index contributed by atoms with van der Waals surface area (Å²) in [5, 5.41) is 3.51. The molecule has 3 nitrogen and oxygen atoms in total. The third-order valence-corrected chi connectivity index (χ3v) is 4.53. The Labute approximate surface area is 122 Å². The fourth-order valence-corrected chi connectivity index (χ4v) is 3.44. The Morgan fingerprint density at radius 2 is 2.10 bits per heavy atom. The average Bonchev–Trinajstić information content (AvgIpc) is 2.49. The van der Waals surface area contributed by atoms with E-state index in [1.165, 1.54) is 37.8 Å². The van der Waals surface area contributed by atoms with Crippen molar-refractivity contribution < 1.29 is 4.74 Å². The molecule has 0 radical (unpaired) electrons. The molecule has 2 unspecified atom stereocenters. The number of ether oxygens (including phenoxy) is 1. The van der Waals surface area contributed by atoms with Crippen LogP contribution in [0.5, 0.6) is 5.75 Å². The Kier molecular flexibility index (Phi) is 4.58. The molecule has 2 heterocycles. The Morgan fingerprint density at radius 3 is 2.90 bits per heavy atom. The molecule has 3 rings (SSSR count). The summed E-state index contributed by atoms with van der Waals surface area (Å²) in [5.74, 6) is 1.72. The molecule has 1 aromatic carbocycles. The number of hydrogen-bond donors (Lipinski definition) is 1. The van der Waals surface area contributed by atoms with Crippen LogP contribution >= 0.6 is 0 Å². The number of nitrogens with one attached hydrogen (secondary N) is 1. The molecule has 0 bridgehead atoms. The summed E-state index contributed by atoms with van der Waals surface area (Å²) >= 11 is 0. The highest BCUT2D eigenvalue weighted by Gasteiger charge is 2.22. The summed E-state index contributed by atoms with van der Waals surface area (Å²) in [4.78, 5) is 2.37. The van der Waals surface area contributed by atoms with E-state index >= 15 is 0 Å². The van der Waals surface area contributed by atoms with Gasteiger partial charge in [-0.1, -0.05) is 18.2 Å². The fraction of sp³-hybridized carbons (Fsp3) is 0.647. The summed E-state index contributed by atoms with van der Waals surface area (Å²) in [6.07, 6.45) is 5.32. The largest absolute Gasteiger partial charge is 0.489 e. The summed E-state index contributed by atoms with van der Waals surface area (Å²) in [6.45, 7) is 4.50. The lowest BCUT2D eigenvalue weighted by Crippen LogP contribution is -2.39. The first kappa shape index (κ1) is 13.9. The van der Waals surface area contributed by atoms with Crippen LogP contribution in [0.4, 0.5) is 0 Å². The van der Waals surface area contributed by atoms with Crippen molar-refractivity contribution in [3.05, 3.63) is 29.8 Å². The van der Waals surface area contributed by atoms with Gasteiger partial charge in [0.25, 0.3) is 0 Å². The molecule has 1 N–H and O–H groups in total. The summed E-state index contributed by atoms with van der Waals surface area (Å²) in [6, 6.07) is 8.64. The number of nitrogens with zero attached hydrogens (tertiary/aromatic N) is 1. The molecule has 1 aromatic rings. The molecule has 2 saturated heterocycles. The molecule has 0 aliphatic carbocycles. The smallest absolute Gasteiger partial charge is 0.123 e. The van der Waals surface area contributed by atoms with Gasteiger partial charge in [-0.15, -0.1) is 0 Å². The zero-order valence-electron chi connectivity index (χ0n) is 12.5. The second kappa shape index (κ2) is 6.59. The van der Waals surface area contributed by atoms with Crippen LogP contribution in [-0.2, 0) is 0 Å². The normalized spacial score (nSPS) is 28.2. The molecule has 0 aromatic heterocycles. The van der Waals surface area contributed by atoms with E-state index in [2.05, 4.69) is 41.5 Å². The van der Waals surface area contributed by atoms with Gasteiger partial charge in [0, 0.05) is 19.0 Å². The third-order valence-electron chi connectivity index (χ3n) is 4.53. The molecule has 20 heavy (non-hydrogen) atoms. The zero-order chi connectivity index (χ0) is 13.8. The molecule has 0 spiro atoms. The number of para-hydroxylation sites is 1. The monoisotopic (exact) mass is 274 g/mol. The second-order valence-corrected chi connectivity index (χ2v) is 6.23. The Bertz CT molecular complexity index is 429. The maximum absolute atomic E-state index is 6.34. The summed E-state index contributed by atoms with van der Waals surface area (Å²) < 4.78 is 6.34. The second-order valence-electron chi connectivity index (χ2n) is 6.23. The van der Waals surface area contributed by atoms with Gasteiger partial charge in [-0.25, -0.2) is 0 Å². The SMILES string of the molecule is CN1CCCC(Oc2ccccc2C2CCCNC2)C1. The summed E-state index contributed by atoms with van der Waals surface area (Å²) in [7, 11) is 2.19. The van der Waals surface area contributed by atoms with Crippen LogP contribution in [0.3, 0.4) is 0 Å². The molecular weight excluding hydrogens is 248 g/mol. The number of rotatable bonds is 3. The standard InChI is InChI=1S/C17H26N2O/c1-19-11-5-7-15(13-19)20-17-9-3-2-8-16(17)14-6-4-10-18-12-14/h2-3,8-9,14-15,18H,4-7,10-13H2,1H3. The first-order valence-electron chi connectivity index (χ1n) is 7.98. The highest BCUT2D eigenvalue weighted by Crippen LogP contribution is 2.32. The molecule has 2 aliphatic rings. The van der Waals surface area contributed by atoms with E-state index < -0.39 is 0 Å². The minimum Gasteiger partial charge on any atom is -0.489 e. The number of hydrogen-bond acceptors (Lipinski definition) is 3. The van der Waals surface area contributed by atoms with Gasteiger partial charge in [-0.3, -0.25) is 0 Å². The van der Waals surface area contributed by atoms with Gasteiger partial charge < -0.3 is 15.0 Å². The number of likely N-dealkylation sites (N-methyl/N-ethyl adjacent to an activating group) is 1. The topological polar surface area (TPSA) is 24.5 Å². The first-order valence-corrected chi connectivity index (χ1v) is 7.98. The number of benzene rings is 1. The zero-order valence-corrected chi connectivity index (χ0v) is 12.5. The quantitative estimate of drug-likeness (QED) is 0.917. The van der Waals surface area contributed by atoms with Gasteiger partial charge in [0.05, 0.1) is 0 Å². The highest BCUT2D eigenvalue weighted by atomic mass is 16.5. The van der Waals surface area contributed by atoms with Crippen LogP contribution in [0.25, 0.3) is 0 Å². The predicted molar refractivity (Wildman–Crippen MR) is 82.4 cm³/mol. The molecule has 0 amide bonds. The predicted octanol–water partition coefficient (Wildman–Crippen LogP) is 2.63. The lowest BCUT2D eigenvalue weighted by atomic mass is 9.91. The molecule has 2 aliphatic heterocycles. The third kappa shape index (κ3) is 3.33. The molecule has 3 heteroatoms. The average molecular weight is 274 g/mol. The van der Waals surface area contributed by atoms with Gasteiger partial charge >= 0.3 is 0 Å². The lowest BCUT2D eigenvalue weighted by Gasteiger charge is -2.32. The van der Waals surface area contributed by atoms with Crippen molar-refractivity contribution in [1.82, 2.24) is 10.2 Å². The number of piperidine rings is 2. The van der Waals surface area contributed by atoms with Gasteiger partial charge in [-0.05, 0) is 57.5 Å². The fourth-order valence-electron chi connectivity index (χ4n) is 3.44. The van der Waals surface area contributed by atoms with Crippen molar-refractivity contribution in [1.29, 1.82) is 0 Å². The van der Waals surface area contributed by atoms with Crippen LogP contribution in [0.2, 0.25) is 0 Å². The van der Waals surface area contributed by atoms with Crippen LogP contribution in [0, 0.1) is 0 Å². The van der Waals surface area contributed by atoms with Crippen molar-refractivity contribution in [3.63, 3.8) is 0 Å². The lowest BCUT2D eigenvalue weighted by molar-refractivity contribution is 0.103. The molecule has 110 valence electrons. The summed E-state index contributed by atoms with van der Waals surface area (Å²) in [5.41, 5.74) is 1.40. The van der Waals surface area contributed by atoms with Crippen molar-refractivity contribution in [2.75, 3.05) is 33.2 Å². The van der Waals surface area contributed by atoms with Crippen LogP contribution in [-0.4, -0.2) is 44.2 Å². The minimum atomic E-state index is 0.353. The van der Waals surface area contributed by atoms with Crippen molar-refractivity contribution in [2.24, 2.45) is 0 Å². The molecule has 2 atom stereocenters. The van der Waals surface area contributed by atoms with E-state index in [0.29, 0.717) is 12.0 Å². The Balaban J connectivity index is 1.71. The van der Waals surface area contributed by atoms with Crippen LogP contribution in [0.1, 0.15) is 37.2 Å². The van der Waals surface area contributed by atoms with Crippen molar-refractivity contribution in [2.45, 2.75) is 37.7 Å². The molecular formula is C17H26N2O. The minimum absolute atomic E-state index is 0.353. The highest BCUT2D eigenvalue weighted by molar-refractivity contribution is 5.37. The van der Waals surface area contributed by atoms with Crippen molar-refractivity contribution >= 4 is 0 Å². The van der Waals surface area contributed by atoms with Crippen molar-refractivity contribution in [3.8, 4) is 5.75 Å². The van der Waals surface area contributed by atoms with E-state index in [0.717, 1.165) is 25.4 Å².